The van der Waals surface area contributed by atoms with Gasteiger partial charge in [-0.25, -0.2) is 0 Å². The Balaban J connectivity index is 6.14. The average molecular weight is 544 g/mol. The van der Waals surface area contributed by atoms with Gasteiger partial charge in [0.15, 0.2) is 26.0 Å². The number of aliphatic hydroxyl groups is 1. The van der Waals surface area contributed by atoms with Crippen LogP contribution in [0, 0.1) is 0 Å². The van der Waals surface area contributed by atoms with Crippen molar-refractivity contribution in [2.24, 2.45) is 0 Å². The quantitative estimate of drug-likeness (QED) is 0.356. The van der Waals surface area contributed by atoms with E-state index >= 15 is 0 Å². The minimum atomic E-state index is -2.63. The summed E-state index contributed by atoms with van der Waals surface area (Å²) in [5.41, 5.74) is 0. The van der Waals surface area contributed by atoms with E-state index in [1.54, 1.807) is 0 Å². The maximum absolute atomic E-state index is 9.17. The molecule has 1 nitrogen and oxygen atoms in total. The molecule has 0 saturated carbocycles. The highest BCUT2D eigenvalue weighted by molar-refractivity contribution is 6.78. The molecule has 0 amide bonds. The van der Waals surface area contributed by atoms with Gasteiger partial charge in [0, 0.05) is 0 Å². The number of hydrogen-bond donors (Lipinski definition) is 1. The van der Waals surface area contributed by atoms with Gasteiger partial charge in [-0.15, -0.1) is 0 Å². The zero-order valence-corrected chi connectivity index (χ0v) is 18.8. The Bertz CT molecular complexity index is 381. The highest BCUT2D eigenvalue weighted by Gasteiger charge is 2.76. The first-order valence-electron chi connectivity index (χ1n) is 4.69. The van der Waals surface area contributed by atoms with Crippen LogP contribution in [0.25, 0.3) is 0 Å². The smallest absolute Gasteiger partial charge is 0.189 e. The molecule has 13 heteroatoms. The molecule has 1 N–H and O–H groups in total. The third-order valence-electron chi connectivity index (χ3n) is 2.39. The Morgan fingerprint density at radius 3 is 1.10 bits per heavy atom. The summed E-state index contributed by atoms with van der Waals surface area (Å²) in [7, 11) is 0. The monoisotopic (exact) mass is 538 g/mol. The van der Waals surface area contributed by atoms with Crippen molar-refractivity contribution in [1.29, 1.82) is 0 Å². The second-order valence-electron chi connectivity index (χ2n) is 4.05. The molecule has 0 bridgehead atoms. The predicted molar refractivity (Wildman–Crippen MR) is 99.4 cm³/mol. The van der Waals surface area contributed by atoms with Gasteiger partial charge in [-0.1, -0.05) is 139 Å². The molecule has 0 heterocycles. The molecule has 0 unspecified atom stereocenters. The van der Waals surface area contributed by atoms with Crippen LogP contribution in [0.15, 0.2) is 0 Å². The first-order valence-corrected chi connectivity index (χ1v) is 9.22. The minimum absolute atomic E-state index is 0.954. The molecule has 0 aliphatic heterocycles. The second kappa shape index (κ2) is 7.22. The summed E-state index contributed by atoms with van der Waals surface area (Å²) in [5, 5.41) is 9.17. The lowest BCUT2D eigenvalue weighted by Gasteiger charge is -2.51. The summed E-state index contributed by atoms with van der Waals surface area (Å²) in [5.74, 6) is 0. The summed E-state index contributed by atoms with van der Waals surface area (Å²) < 4.78 is -14.4. The van der Waals surface area contributed by atoms with E-state index in [1.807, 2.05) is 0 Å². The number of aliphatic hydroxyl groups excluding tert-OH is 1. The van der Waals surface area contributed by atoms with Crippen molar-refractivity contribution < 1.29 is 5.11 Å². The van der Waals surface area contributed by atoms with E-state index in [9.17, 15) is 0 Å². The lowest BCUT2D eigenvalue weighted by molar-refractivity contribution is 0.262. The molecular weight excluding hydrogens is 538 g/mol. The van der Waals surface area contributed by atoms with Gasteiger partial charge in [-0.05, 0) is 6.92 Å². The molecule has 0 spiro atoms. The van der Waals surface area contributed by atoms with Crippen molar-refractivity contribution in [3.05, 3.63) is 0 Å². The summed E-state index contributed by atoms with van der Waals surface area (Å²) >= 11 is 71.3. The molecule has 0 aromatic rings. The third-order valence-corrected chi connectivity index (χ3v) is 10.5. The van der Waals surface area contributed by atoms with E-state index in [4.69, 9.17) is 144 Å². The molecule has 0 fully saturated rings. The van der Waals surface area contributed by atoms with Crippen LogP contribution in [0.4, 0.5) is 0 Å². The van der Waals surface area contributed by atoms with E-state index < -0.39 is 32.6 Å². The van der Waals surface area contributed by atoms with E-state index in [0.717, 1.165) is 0 Å². The Hall–Kier alpha value is 3.44. The molecule has 0 radical (unpaired) electrons. The van der Waals surface area contributed by atoms with Crippen LogP contribution in [-0.4, -0.2) is 37.7 Å². The number of hydrogen-bond acceptors (Lipinski definition) is 1. The molecule has 21 heavy (non-hydrogen) atoms. The van der Waals surface area contributed by atoms with Crippen molar-refractivity contribution in [2.45, 2.75) is 32.9 Å². The van der Waals surface area contributed by atoms with E-state index in [-0.39, 0.29) is 0 Å². The van der Waals surface area contributed by atoms with Gasteiger partial charge in [0.2, 0.25) is 0 Å². The summed E-state index contributed by atoms with van der Waals surface area (Å²) in [6, 6.07) is 0. The van der Waals surface area contributed by atoms with Gasteiger partial charge in [0.05, 0.1) is 6.61 Å². The zero-order chi connectivity index (χ0) is 17.7. The van der Waals surface area contributed by atoms with Gasteiger partial charge < -0.3 is 5.11 Å². The molecular formula is C8H6Cl12O. The van der Waals surface area contributed by atoms with E-state index in [1.165, 1.54) is 6.92 Å². The van der Waals surface area contributed by atoms with Gasteiger partial charge in [0.1, 0.15) is 0 Å². The Morgan fingerprint density at radius 1 is 0.571 bits per heavy atom. The van der Waals surface area contributed by atoms with Crippen molar-refractivity contribution >= 4 is 139 Å². The largest absolute Gasteiger partial charge is 0.393 e. The van der Waals surface area contributed by atoms with Crippen LogP contribution in [0.3, 0.4) is 0 Å². The van der Waals surface area contributed by atoms with Crippen LogP contribution in [-0.2, 0) is 0 Å². The lowest BCUT2D eigenvalue weighted by atomic mass is 10.1. The van der Waals surface area contributed by atoms with Crippen LogP contribution in [0.1, 0.15) is 6.92 Å². The Kier molecular flexibility index (Phi) is 8.40. The molecule has 0 rings (SSSR count). The topological polar surface area (TPSA) is 20.2 Å². The first kappa shape index (κ1) is 24.4. The minimum Gasteiger partial charge on any atom is -0.393 e. The summed E-state index contributed by atoms with van der Waals surface area (Å²) in [6.07, 6.45) is 0. The van der Waals surface area contributed by atoms with E-state index in [2.05, 4.69) is 0 Å². The lowest BCUT2D eigenvalue weighted by Crippen LogP contribution is -2.66. The second-order valence-corrected chi connectivity index (χ2v) is 12.5. The zero-order valence-electron chi connectivity index (χ0n) is 9.69. The highest BCUT2D eigenvalue weighted by atomic mass is 35.6. The van der Waals surface area contributed by atoms with Crippen LogP contribution < -0.4 is 0 Å². The predicted octanol–water partition coefficient (Wildman–Crippen LogP) is 7.04. The molecule has 0 atom stereocenters. The maximum atomic E-state index is 9.17. The molecule has 0 aromatic heterocycles. The van der Waals surface area contributed by atoms with Gasteiger partial charge in [-0.3, -0.25) is 0 Å². The normalized spacial score (nSPS) is 16.3. The summed E-state index contributed by atoms with van der Waals surface area (Å²) in [4.78, 5) is 0. The van der Waals surface area contributed by atoms with Crippen molar-refractivity contribution in [1.82, 2.24) is 0 Å². The molecule has 128 valence electrons. The molecule has 0 aliphatic carbocycles. The van der Waals surface area contributed by atoms with Gasteiger partial charge in [-0.2, -0.15) is 0 Å². The number of halogens is 12. The van der Waals surface area contributed by atoms with Crippen molar-refractivity contribution in [2.75, 3.05) is 6.61 Å². The summed E-state index contributed by atoms with van der Waals surface area (Å²) in [6.45, 7) is 0.217. The Morgan fingerprint density at radius 2 is 0.857 bits per heavy atom. The average Bonchev–Trinajstić information content (AvgIpc) is 2.26. The van der Waals surface area contributed by atoms with Crippen molar-refractivity contribution in [3.8, 4) is 0 Å². The molecule has 0 aromatic carbocycles. The van der Waals surface area contributed by atoms with Crippen LogP contribution in [0.2, 0.25) is 0 Å². The third kappa shape index (κ3) is 4.07. The fraction of sp³-hybridized carbons (Fsp3) is 1.00. The SMILES string of the molecule is CC(Cl)(Cl)C(Cl)(Cl)C(Cl)(Cl)C(Cl)(Cl)C(Cl)(Cl)C(Cl)(Cl)CO. The Labute approximate surface area is 182 Å². The van der Waals surface area contributed by atoms with Gasteiger partial charge >= 0.3 is 0 Å². The van der Waals surface area contributed by atoms with Gasteiger partial charge in [0.25, 0.3) is 0 Å². The molecule has 0 saturated heterocycles. The molecule has 0 aliphatic rings. The first-order chi connectivity index (χ1) is 8.81. The maximum Gasteiger partial charge on any atom is 0.189 e. The standard InChI is InChI=1S/C8H6Cl12O/c1-3(9,10)5(13,14)7(17,18)8(19,20)6(15,16)4(11,12)2-21/h21H,2H2,1H3. The van der Waals surface area contributed by atoms with Crippen LogP contribution in [0.5, 0.6) is 0 Å². The number of alkyl halides is 12. The fourth-order valence-electron chi connectivity index (χ4n) is 0.999. The van der Waals surface area contributed by atoms with Crippen LogP contribution >= 0.6 is 139 Å². The number of rotatable bonds is 6. The fourth-order valence-corrected chi connectivity index (χ4v) is 4.29. The van der Waals surface area contributed by atoms with Crippen molar-refractivity contribution in [3.63, 3.8) is 0 Å². The highest BCUT2D eigenvalue weighted by Crippen LogP contribution is 2.68. The van der Waals surface area contributed by atoms with E-state index in [0.29, 0.717) is 0 Å².